The van der Waals surface area contributed by atoms with Crippen molar-refractivity contribution in [2.75, 3.05) is 13.2 Å². The van der Waals surface area contributed by atoms with Crippen molar-refractivity contribution in [3.05, 3.63) is 34.1 Å². The molecule has 19 heavy (non-hydrogen) atoms. The van der Waals surface area contributed by atoms with E-state index in [4.69, 9.17) is 4.74 Å². The van der Waals surface area contributed by atoms with Crippen LogP contribution in [0.2, 0.25) is 0 Å². The average molecular weight is 330 g/mol. The van der Waals surface area contributed by atoms with Gasteiger partial charge in [-0.3, -0.25) is 0 Å². The minimum atomic E-state index is -0.214. The average Bonchev–Trinajstić information content (AvgIpc) is 2.87. The van der Waals surface area contributed by atoms with Gasteiger partial charge in [0.05, 0.1) is 10.6 Å². The number of nitrogens with one attached hydrogen (secondary N) is 1. The molecule has 1 fully saturated rings. The molecule has 1 aromatic rings. The molecule has 3 unspecified atom stereocenters. The predicted molar refractivity (Wildman–Crippen MR) is 78.7 cm³/mol. The van der Waals surface area contributed by atoms with Crippen molar-refractivity contribution in [3.63, 3.8) is 0 Å². The van der Waals surface area contributed by atoms with Gasteiger partial charge in [0, 0.05) is 18.6 Å². The highest BCUT2D eigenvalue weighted by Gasteiger charge is 2.34. The number of halogens is 2. The van der Waals surface area contributed by atoms with Gasteiger partial charge in [-0.1, -0.05) is 19.9 Å². The second kappa shape index (κ2) is 6.82. The van der Waals surface area contributed by atoms with Crippen molar-refractivity contribution >= 4 is 15.9 Å². The molecule has 0 aliphatic carbocycles. The lowest BCUT2D eigenvalue weighted by molar-refractivity contribution is 0.0776. The van der Waals surface area contributed by atoms with Gasteiger partial charge in [0.15, 0.2) is 0 Å². The van der Waals surface area contributed by atoms with Crippen LogP contribution in [0.25, 0.3) is 0 Å². The topological polar surface area (TPSA) is 21.3 Å². The maximum atomic E-state index is 13.4. The highest BCUT2D eigenvalue weighted by Crippen LogP contribution is 2.35. The quantitative estimate of drug-likeness (QED) is 0.879. The number of hydrogen-bond donors (Lipinski definition) is 1. The molecule has 1 aliphatic rings. The molecular weight excluding hydrogens is 309 g/mol. The Morgan fingerprint density at radius 1 is 1.47 bits per heavy atom. The molecule has 3 atom stereocenters. The highest BCUT2D eigenvalue weighted by atomic mass is 79.9. The lowest BCUT2D eigenvalue weighted by Gasteiger charge is -2.28. The predicted octanol–water partition coefficient (Wildman–Crippen LogP) is 4.05. The van der Waals surface area contributed by atoms with Crippen LogP contribution >= 0.6 is 15.9 Å². The molecule has 1 aromatic carbocycles. The van der Waals surface area contributed by atoms with Gasteiger partial charge in [0.1, 0.15) is 5.82 Å². The largest absolute Gasteiger partial charge is 0.378 e. The van der Waals surface area contributed by atoms with E-state index in [1.165, 1.54) is 6.07 Å². The van der Waals surface area contributed by atoms with Crippen molar-refractivity contribution in [1.82, 2.24) is 5.32 Å². The van der Waals surface area contributed by atoms with Crippen LogP contribution in [0, 0.1) is 11.7 Å². The molecule has 0 bridgehead atoms. The summed E-state index contributed by atoms with van der Waals surface area (Å²) in [6, 6.07) is 5.52. The first-order chi connectivity index (χ1) is 9.17. The monoisotopic (exact) mass is 329 g/mol. The third-order valence-electron chi connectivity index (χ3n) is 3.82. The van der Waals surface area contributed by atoms with Crippen LogP contribution in [0.5, 0.6) is 0 Å². The molecule has 0 radical (unpaired) electrons. The van der Waals surface area contributed by atoms with Crippen LogP contribution < -0.4 is 5.32 Å². The molecule has 0 saturated carbocycles. The second-order valence-corrected chi connectivity index (χ2v) is 5.83. The molecule has 1 saturated heterocycles. The van der Waals surface area contributed by atoms with E-state index in [-0.39, 0.29) is 11.9 Å². The van der Waals surface area contributed by atoms with Gasteiger partial charge in [-0.15, -0.1) is 0 Å². The molecule has 0 amide bonds. The standard InChI is InChI=1S/C15H21BrFNO/c1-3-14-11(7-8-19-14)15(18-4-2)10-5-6-13(17)12(16)9-10/h5-6,9,11,14-15,18H,3-4,7-8H2,1-2H3. The van der Waals surface area contributed by atoms with Gasteiger partial charge in [0.2, 0.25) is 0 Å². The second-order valence-electron chi connectivity index (χ2n) is 4.98. The Morgan fingerprint density at radius 3 is 2.89 bits per heavy atom. The fourth-order valence-corrected chi connectivity index (χ4v) is 3.31. The maximum Gasteiger partial charge on any atom is 0.137 e. The Hall–Kier alpha value is -0.450. The summed E-state index contributed by atoms with van der Waals surface area (Å²) in [5.74, 6) is 0.246. The summed E-state index contributed by atoms with van der Waals surface area (Å²) >= 11 is 3.27. The number of benzene rings is 1. The van der Waals surface area contributed by atoms with Crippen molar-refractivity contribution in [1.29, 1.82) is 0 Å². The van der Waals surface area contributed by atoms with E-state index in [1.807, 2.05) is 12.1 Å². The van der Waals surface area contributed by atoms with Crippen molar-refractivity contribution in [2.45, 2.75) is 38.8 Å². The molecule has 4 heteroatoms. The summed E-state index contributed by atoms with van der Waals surface area (Å²) in [4.78, 5) is 0. The molecule has 2 nitrogen and oxygen atoms in total. The van der Waals surface area contributed by atoms with Gasteiger partial charge in [-0.05, 0) is 53.0 Å². The fraction of sp³-hybridized carbons (Fsp3) is 0.600. The lowest BCUT2D eigenvalue weighted by atomic mass is 9.86. The zero-order valence-corrected chi connectivity index (χ0v) is 13.0. The summed E-state index contributed by atoms with van der Waals surface area (Å²) in [6.07, 6.45) is 2.38. The summed E-state index contributed by atoms with van der Waals surface area (Å²) < 4.78 is 19.7. The normalized spacial score (nSPS) is 24.6. The SMILES string of the molecule is CCNC(c1ccc(F)c(Br)c1)C1CCOC1CC. The van der Waals surface area contributed by atoms with Crippen LogP contribution in [-0.4, -0.2) is 19.3 Å². The molecule has 0 spiro atoms. The van der Waals surface area contributed by atoms with Crippen molar-refractivity contribution < 1.29 is 9.13 Å². The van der Waals surface area contributed by atoms with Gasteiger partial charge >= 0.3 is 0 Å². The van der Waals surface area contributed by atoms with E-state index in [0.717, 1.165) is 31.6 Å². The number of rotatable bonds is 5. The third kappa shape index (κ3) is 3.36. The van der Waals surface area contributed by atoms with Crippen LogP contribution in [0.4, 0.5) is 4.39 Å². The van der Waals surface area contributed by atoms with E-state index >= 15 is 0 Å². The Morgan fingerprint density at radius 2 is 2.26 bits per heavy atom. The first kappa shape index (κ1) is 14.9. The van der Waals surface area contributed by atoms with E-state index in [1.54, 1.807) is 0 Å². The smallest absolute Gasteiger partial charge is 0.137 e. The summed E-state index contributed by atoms with van der Waals surface area (Å²) in [5, 5.41) is 3.53. The summed E-state index contributed by atoms with van der Waals surface area (Å²) in [7, 11) is 0. The lowest BCUT2D eigenvalue weighted by Crippen LogP contribution is -2.32. The van der Waals surface area contributed by atoms with Crippen LogP contribution in [0.3, 0.4) is 0 Å². The highest BCUT2D eigenvalue weighted by molar-refractivity contribution is 9.10. The molecule has 2 rings (SSSR count). The van der Waals surface area contributed by atoms with E-state index in [0.29, 0.717) is 16.5 Å². The Kier molecular flexibility index (Phi) is 5.37. The number of ether oxygens (including phenoxy) is 1. The van der Waals surface area contributed by atoms with Gasteiger partial charge in [-0.2, -0.15) is 0 Å². The zero-order valence-electron chi connectivity index (χ0n) is 11.5. The molecule has 106 valence electrons. The van der Waals surface area contributed by atoms with Gasteiger partial charge in [-0.25, -0.2) is 4.39 Å². The Labute approximate surface area is 122 Å². The first-order valence-electron chi connectivity index (χ1n) is 6.97. The van der Waals surface area contributed by atoms with Crippen molar-refractivity contribution in [2.24, 2.45) is 5.92 Å². The molecule has 1 heterocycles. The van der Waals surface area contributed by atoms with E-state index < -0.39 is 0 Å². The van der Waals surface area contributed by atoms with Crippen LogP contribution in [0.15, 0.2) is 22.7 Å². The molecule has 1 N–H and O–H groups in total. The molecular formula is C15H21BrFNO. The minimum Gasteiger partial charge on any atom is -0.378 e. The Bertz CT molecular complexity index is 427. The minimum absolute atomic E-state index is 0.214. The summed E-state index contributed by atoms with van der Waals surface area (Å²) in [6.45, 7) is 5.98. The van der Waals surface area contributed by atoms with Crippen molar-refractivity contribution in [3.8, 4) is 0 Å². The van der Waals surface area contributed by atoms with Gasteiger partial charge in [0.25, 0.3) is 0 Å². The fourth-order valence-electron chi connectivity index (χ4n) is 2.91. The number of hydrogen-bond acceptors (Lipinski definition) is 2. The maximum absolute atomic E-state index is 13.4. The third-order valence-corrected chi connectivity index (χ3v) is 4.43. The summed E-state index contributed by atoms with van der Waals surface area (Å²) in [5.41, 5.74) is 1.13. The van der Waals surface area contributed by atoms with Crippen LogP contribution in [0.1, 0.15) is 38.3 Å². The first-order valence-corrected chi connectivity index (χ1v) is 7.76. The molecule has 1 aliphatic heterocycles. The van der Waals surface area contributed by atoms with Gasteiger partial charge < -0.3 is 10.1 Å². The zero-order chi connectivity index (χ0) is 13.8. The van der Waals surface area contributed by atoms with E-state index in [2.05, 4.69) is 35.1 Å². The van der Waals surface area contributed by atoms with Crippen LogP contribution in [-0.2, 0) is 4.74 Å². The Balaban J connectivity index is 2.25. The van der Waals surface area contributed by atoms with E-state index in [9.17, 15) is 4.39 Å². The molecule has 0 aromatic heterocycles.